The molecule has 0 aliphatic carbocycles. The summed E-state index contributed by atoms with van der Waals surface area (Å²) in [5, 5.41) is 13.9. The molecule has 19 heavy (non-hydrogen) atoms. The van der Waals surface area contributed by atoms with Gasteiger partial charge in [0.2, 0.25) is 5.91 Å². The zero-order chi connectivity index (χ0) is 13.7. The minimum atomic E-state index is -1.14. The molecule has 0 spiro atoms. The van der Waals surface area contributed by atoms with Crippen molar-refractivity contribution < 1.29 is 14.7 Å². The van der Waals surface area contributed by atoms with Gasteiger partial charge in [0.1, 0.15) is 0 Å². The average Bonchev–Trinajstić information content (AvgIpc) is 2.39. The summed E-state index contributed by atoms with van der Waals surface area (Å²) in [5.74, 6) is -1.36. The summed E-state index contributed by atoms with van der Waals surface area (Å²) < 4.78 is 0. The lowest BCUT2D eigenvalue weighted by Crippen LogP contribution is -2.22. The Kier molecular flexibility index (Phi) is 4.07. The van der Waals surface area contributed by atoms with E-state index in [1.807, 2.05) is 24.3 Å². The van der Waals surface area contributed by atoms with E-state index in [0.717, 1.165) is 10.9 Å². The van der Waals surface area contributed by atoms with Crippen molar-refractivity contribution in [2.24, 2.45) is 0 Å². The van der Waals surface area contributed by atoms with Crippen LogP contribution in [0.3, 0.4) is 0 Å². The fraction of sp³-hybridized carbons (Fsp3) is 0.214. The number of hydrogen-bond donors (Lipinski definition) is 1. The molecule has 0 saturated heterocycles. The maximum absolute atomic E-state index is 11.7. The van der Waals surface area contributed by atoms with Crippen LogP contribution in [0.1, 0.15) is 19.3 Å². The standard InChI is InChI=1S/C14H14N2O3/c17-12(7-2-8-13(18)19)16-11-6-1-4-10-5-3-9-15-14(10)11/h1,3-6,9H,2,7-8H2,(H,16,17)(H,18,19)/p-1. The number of fused-ring (bicyclic) bond motifs is 1. The number of benzene rings is 1. The number of carbonyl (C=O) groups excluding carboxylic acids is 2. The van der Waals surface area contributed by atoms with Gasteiger partial charge in [-0.1, -0.05) is 18.2 Å². The highest BCUT2D eigenvalue weighted by atomic mass is 16.4. The summed E-state index contributed by atoms with van der Waals surface area (Å²) in [4.78, 5) is 26.2. The molecule has 1 aromatic heterocycles. The van der Waals surface area contributed by atoms with Crippen LogP contribution in [0.4, 0.5) is 5.69 Å². The second-order valence-electron chi connectivity index (χ2n) is 4.15. The Morgan fingerprint density at radius 1 is 1.16 bits per heavy atom. The van der Waals surface area contributed by atoms with Gasteiger partial charge in [-0.3, -0.25) is 9.78 Å². The second-order valence-corrected chi connectivity index (χ2v) is 4.15. The molecule has 1 aromatic carbocycles. The van der Waals surface area contributed by atoms with Crippen LogP contribution >= 0.6 is 0 Å². The number of aromatic nitrogens is 1. The van der Waals surface area contributed by atoms with Gasteiger partial charge in [0.05, 0.1) is 11.2 Å². The van der Waals surface area contributed by atoms with E-state index < -0.39 is 5.97 Å². The number of anilines is 1. The van der Waals surface area contributed by atoms with Crippen LogP contribution in [-0.4, -0.2) is 16.9 Å². The highest BCUT2D eigenvalue weighted by Crippen LogP contribution is 2.20. The molecule has 2 aromatic rings. The first-order chi connectivity index (χ1) is 9.16. The summed E-state index contributed by atoms with van der Waals surface area (Å²) in [5.41, 5.74) is 1.36. The predicted molar refractivity (Wildman–Crippen MR) is 69.2 cm³/mol. The molecule has 1 heterocycles. The molecule has 0 aliphatic rings. The Labute approximate surface area is 110 Å². The van der Waals surface area contributed by atoms with Gasteiger partial charge >= 0.3 is 0 Å². The molecule has 98 valence electrons. The molecule has 0 atom stereocenters. The Morgan fingerprint density at radius 3 is 2.74 bits per heavy atom. The van der Waals surface area contributed by atoms with E-state index in [4.69, 9.17) is 0 Å². The number of hydrogen-bond acceptors (Lipinski definition) is 4. The summed E-state index contributed by atoms with van der Waals surface area (Å²) in [6, 6.07) is 9.25. The number of amides is 1. The van der Waals surface area contributed by atoms with Crippen LogP contribution in [0.15, 0.2) is 36.5 Å². The van der Waals surface area contributed by atoms with Crippen LogP contribution in [-0.2, 0) is 9.59 Å². The van der Waals surface area contributed by atoms with Gasteiger partial charge in [-0.25, -0.2) is 0 Å². The second kappa shape index (κ2) is 5.95. The molecule has 2 rings (SSSR count). The van der Waals surface area contributed by atoms with Gasteiger partial charge in [0.15, 0.2) is 0 Å². The number of carbonyl (C=O) groups is 2. The normalized spacial score (nSPS) is 10.3. The molecular formula is C14H13N2O3-. The zero-order valence-corrected chi connectivity index (χ0v) is 10.3. The van der Waals surface area contributed by atoms with Gasteiger partial charge in [-0.15, -0.1) is 0 Å². The summed E-state index contributed by atoms with van der Waals surface area (Å²) in [6.45, 7) is 0. The molecule has 1 amide bonds. The largest absolute Gasteiger partial charge is 0.550 e. The van der Waals surface area contributed by atoms with Crippen LogP contribution < -0.4 is 10.4 Å². The number of nitrogens with zero attached hydrogens (tertiary/aromatic N) is 1. The van der Waals surface area contributed by atoms with Crippen LogP contribution in [0.5, 0.6) is 0 Å². The zero-order valence-electron chi connectivity index (χ0n) is 10.3. The van der Waals surface area contributed by atoms with Crippen molar-refractivity contribution in [2.45, 2.75) is 19.3 Å². The first kappa shape index (κ1) is 13.0. The highest BCUT2D eigenvalue weighted by molar-refractivity contribution is 6.00. The first-order valence-electron chi connectivity index (χ1n) is 6.00. The molecule has 0 saturated carbocycles. The maximum Gasteiger partial charge on any atom is 0.224 e. The lowest BCUT2D eigenvalue weighted by Gasteiger charge is -2.08. The topological polar surface area (TPSA) is 82.1 Å². The third-order valence-corrected chi connectivity index (χ3v) is 2.69. The summed E-state index contributed by atoms with van der Waals surface area (Å²) in [7, 11) is 0. The average molecular weight is 257 g/mol. The van der Waals surface area contributed by atoms with Crippen molar-refractivity contribution in [3.63, 3.8) is 0 Å². The minimum Gasteiger partial charge on any atom is -0.550 e. The van der Waals surface area contributed by atoms with Gasteiger partial charge in [0, 0.05) is 24.0 Å². The monoisotopic (exact) mass is 257 g/mol. The van der Waals surface area contributed by atoms with Crippen molar-refractivity contribution in [3.8, 4) is 0 Å². The van der Waals surface area contributed by atoms with Crippen molar-refractivity contribution in [3.05, 3.63) is 36.5 Å². The predicted octanol–water partition coefficient (Wildman–Crippen LogP) is 1.09. The minimum absolute atomic E-state index is 0.110. The van der Waals surface area contributed by atoms with Crippen molar-refractivity contribution in [1.82, 2.24) is 4.98 Å². The Hall–Kier alpha value is -2.43. The molecule has 0 aliphatic heterocycles. The number of nitrogens with one attached hydrogen (secondary N) is 1. The fourth-order valence-electron chi connectivity index (χ4n) is 1.81. The van der Waals surface area contributed by atoms with E-state index in [9.17, 15) is 14.7 Å². The van der Waals surface area contributed by atoms with Gasteiger partial charge in [-0.2, -0.15) is 0 Å². The number of aliphatic carboxylic acids is 1. The fourth-order valence-corrected chi connectivity index (χ4v) is 1.81. The molecule has 5 nitrogen and oxygen atoms in total. The molecule has 0 bridgehead atoms. The molecule has 1 N–H and O–H groups in total. The quantitative estimate of drug-likeness (QED) is 0.869. The third-order valence-electron chi connectivity index (χ3n) is 2.69. The molecular weight excluding hydrogens is 244 g/mol. The van der Waals surface area contributed by atoms with E-state index in [1.165, 1.54) is 0 Å². The smallest absolute Gasteiger partial charge is 0.224 e. The molecule has 0 fully saturated rings. The highest BCUT2D eigenvalue weighted by Gasteiger charge is 2.06. The first-order valence-corrected chi connectivity index (χ1v) is 6.00. The SMILES string of the molecule is O=C([O-])CCCC(=O)Nc1cccc2cccnc12. The number of rotatable bonds is 5. The lowest BCUT2D eigenvalue weighted by atomic mass is 10.2. The maximum atomic E-state index is 11.7. The molecule has 0 radical (unpaired) electrons. The van der Waals surface area contributed by atoms with E-state index in [2.05, 4.69) is 10.3 Å². The summed E-state index contributed by atoms with van der Waals surface area (Å²) >= 11 is 0. The lowest BCUT2D eigenvalue weighted by molar-refractivity contribution is -0.305. The van der Waals surface area contributed by atoms with Crippen molar-refractivity contribution in [2.75, 3.05) is 5.32 Å². The Bertz CT molecular complexity index is 605. The van der Waals surface area contributed by atoms with Crippen LogP contribution in [0, 0.1) is 0 Å². The van der Waals surface area contributed by atoms with E-state index >= 15 is 0 Å². The van der Waals surface area contributed by atoms with Gasteiger partial charge < -0.3 is 15.2 Å². The Balaban J connectivity index is 2.05. The van der Waals surface area contributed by atoms with E-state index in [1.54, 1.807) is 12.3 Å². The summed E-state index contributed by atoms with van der Waals surface area (Å²) in [6.07, 6.45) is 1.97. The molecule has 5 heteroatoms. The number of carboxylic acid groups (broad SMARTS) is 1. The van der Waals surface area contributed by atoms with Crippen LogP contribution in [0.2, 0.25) is 0 Å². The van der Waals surface area contributed by atoms with Crippen molar-refractivity contribution >= 4 is 28.5 Å². The van der Waals surface area contributed by atoms with E-state index in [-0.39, 0.29) is 25.2 Å². The van der Waals surface area contributed by atoms with Gasteiger partial charge in [0.25, 0.3) is 0 Å². The Morgan fingerprint density at radius 2 is 1.95 bits per heavy atom. The van der Waals surface area contributed by atoms with E-state index in [0.29, 0.717) is 5.69 Å². The van der Waals surface area contributed by atoms with Crippen LogP contribution in [0.25, 0.3) is 10.9 Å². The number of pyridine rings is 1. The third kappa shape index (κ3) is 3.51. The van der Waals surface area contributed by atoms with Crippen molar-refractivity contribution in [1.29, 1.82) is 0 Å². The number of para-hydroxylation sites is 1. The van der Waals surface area contributed by atoms with Gasteiger partial charge in [-0.05, 0) is 25.0 Å². The number of carboxylic acids is 1. The molecule has 0 unspecified atom stereocenters.